The van der Waals surface area contributed by atoms with Gasteiger partial charge in [0.25, 0.3) is 0 Å². The molecular formula is C40H44O5S. The fourth-order valence-corrected chi connectivity index (χ4v) is 9.66. The molecule has 2 aromatic carbocycles. The van der Waals surface area contributed by atoms with E-state index in [-0.39, 0.29) is 28.8 Å². The SMILES string of the molecule is O=C1c2ccc(CCC(=O)C3CCCCC(CCC4CCCOCC4)CCC3)cc2C(=O)c2c1sc1c2C(=O)c2ccccc2C1. The first-order chi connectivity index (χ1) is 22.5. The molecule has 5 nitrogen and oxygen atoms in total. The Hall–Kier alpha value is -3.22. The van der Waals surface area contributed by atoms with E-state index in [4.69, 9.17) is 4.74 Å². The normalized spacial score (nSPS) is 23.2. The number of benzene rings is 2. The van der Waals surface area contributed by atoms with Crippen LogP contribution in [0.5, 0.6) is 0 Å². The Morgan fingerprint density at radius 3 is 2.35 bits per heavy atom. The highest BCUT2D eigenvalue weighted by atomic mass is 32.1. The van der Waals surface area contributed by atoms with Crippen LogP contribution in [0.25, 0.3) is 0 Å². The lowest BCUT2D eigenvalue weighted by molar-refractivity contribution is -0.123. The minimum absolute atomic E-state index is 0.118. The molecule has 1 saturated carbocycles. The van der Waals surface area contributed by atoms with E-state index < -0.39 is 0 Å². The van der Waals surface area contributed by atoms with Gasteiger partial charge in [0, 0.05) is 59.1 Å². The summed E-state index contributed by atoms with van der Waals surface area (Å²) in [7, 11) is 0. The summed E-state index contributed by atoms with van der Waals surface area (Å²) in [5.41, 5.74) is 3.88. The van der Waals surface area contributed by atoms with Gasteiger partial charge in [0.15, 0.2) is 11.6 Å². The van der Waals surface area contributed by atoms with E-state index in [1.807, 2.05) is 24.3 Å². The van der Waals surface area contributed by atoms with Crippen LogP contribution >= 0.6 is 11.3 Å². The van der Waals surface area contributed by atoms with Gasteiger partial charge in [-0.25, -0.2) is 0 Å². The molecule has 2 fully saturated rings. The van der Waals surface area contributed by atoms with Gasteiger partial charge in [0.2, 0.25) is 5.78 Å². The number of hydrogen-bond donors (Lipinski definition) is 0. The monoisotopic (exact) mass is 636 g/mol. The molecule has 1 aliphatic heterocycles. The molecule has 4 aliphatic rings. The molecule has 0 spiro atoms. The Balaban J connectivity index is 0.978. The van der Waals surface area contributed by atoms with Gasteiger partial charge in [-0.1, -0.05) is 75.3 Å². The molecule has 1 saturated heterocycles. The van der Waals surface area contributed by atoms with Gasteiger partial charge < -0.3 is 4.74 Å². The molecule has 3 atom stereocenters. The Morgan fingerprint density at radius 1 is 0.717 bits per heavy atom. The van der Waals surface area contributed by atoms with Crippen LogP contribution in [0.3, 0.4) is 0 Å². The molecular weight excluding hydrogens is 593 g/mol. The van der Waals surface area contributed by atoms with E-state index in [0.717, 1.165) is 66.7 Å². The summed E-state index contributed by atoms with van der Waals surface area (Å²) in [6, 6.07) is 12.9. The van der Waals surface area contributed by atoms with E-state index in [1.165, 1.54) is 62.7 Å². The molecule has 3 aliphatic carbocycles. The lowest BCUT2D eigenvalue weighted by Crippen LogP contribution is -2.23. The number of hydrogen-bond acceptors (Lipinski definition) is 6. The summed E-state index contributed by atoms with van der Waals surface area (Å²) < 4.78 is 5.66. The van der Waals surface area contributed by atoms with Crippen LogP contribution in [0.4, 0.5) is 0 Å². The Kier molecular flexibility index (Phi) is 9.46. The summed E-state index contributed by atoms with van der Waals surface area (Å²) in [6.07, 6.45) is 15.9. The molecule has 0 radical (unpaired) electrons. The van der Waals surface area contributed by atoms with Crippen molar-refractivity contribution in [3.05, 3.63) is 91.2 Å². The summed E-state index contributed by atoms with van der Waals surface area (Å²) in [5.74, 6) is 1.45. The summed E-state index contributed by atoms with van der Waals surface area (Å²) >= 11 is 1.29. The van der Waals surface area contributed by atoms with E-state index in [0.29, 0.717) is 52.2 Å². The molecule has 240 valence electrons. The van der Waals surface area contributed by atoms with Gasteiger partial charge in [-0.15, -0.1) is 11.3 Å². The van der Waals surface area contributed by atoms with Crippen molar-refractivity contribution in [3.8, 4) is 0 Å². The number of carbonyl (C=O) groups excluding carboxylic acids is 4. The quantitative estimate of drug-likeness (QED) is 0.179. The third-order valence-corrected chi connectivity index (χ3v) is 12.3. The van der Waals surface area contributed by atoms with Crippen LogP contribution in [0.15, 0.2) is 42.5 Å². The Labute approximate surface area is 276 Å². The zero-order valence-electron chi connectivity index (χ0n) is 26.7. The van der Waals surface area contributed by atoms with Gasteiger partial charge in [0.1, 0.15) is 5.78 Å². The number of fused-ring (bicyclic) bond motifs is 5. The van der Waals surface area contributed by atoms with E-state index >= 15 is 0 Å². The van der Waals surface area contributed by atoms with Gasteiger partial charge in [0.05, 0.1) is 10.4 Å². The fourth-order valence-electron chi connectivity index (χ4n) is 8.39. The zero-order valence-corrected chi connectivity index (χ0v) is 27.6. The molecule has 7 rings (SSSR count). The second kappa shape index (κ2) is 13.9. The van der Waals surface area contributed by atoms with Crippen molar-refractivity contribution in [2.24, 2.45) is 17.8 Å². The zero-order chi connectivity index (χ0) is 31.6. The second-order valence-corrected chi connectivity index (χ2v) is 15.1. The van der Waals surface area contributed by atoms with E-state index in [1.54, 1.807) is 18.2 Å². The summed E-state index contributed by atoms with van der Waals surface area (Å²) in [5, 5.41) is 0. The van der Waals surface area contributed by atoms with Crippen molar-refractivity contribution < 1.29 is 23.9 Å². The minimum atomic E-state index is -0.249. The highest BCUT2D eigenvalue weighted by molar-refractivity contribution is 7.15. The first-order valence-electron chi connectivity index (χ1n) is 17.6. The van der Waals surface area contributed by atoms with Gasteiger partial charge in [-0.2, -0.15) is 0 Å². The fraction of sp³-hybridized carbons (Fsp3) is 0.500. The van der Waals surface area contributed by atoms with E-state index in [2.05, 4.69) is 0 Å². The minimum Gasteiger partial charge on any atom is -0.381 e. The Bertz CT molecular complexity index is 1660. The maximum Gasteiger partial charge on any atom is 0.204 e. The molecule has 1 aromatic heterocycles. The van der Waals surface area contributed by atoms with Crippen LogP contribution in [0, 0.1) is 17.8 Å². The number of rotatable bonds is 7. The molecule has 2 heterocycles. The number of aryl methyl sites for hydroxylation is 1. The van der Waals surface area contributed by atoms with Crippen molar-refractivity contribution in [2.75, 3.05) is 13.2 Å². The third kappa shape index (κ3) is 6.35. The molecule has 6 heteroatoms. The highest BCUT2D eigenvalue weighted by Gasteiger charge is 2.39. The molecule has 0 bridgehead atoms. The number of ether oxygens (including phenoxy) is 1. The van der Waals surface area contributed by atoms with E-state index in [9.17, 15) is 19.2 Å². The molecule has 0 amide bonds. The van der Waals surface area contributed by atoms with Crippen molar-refractivity contribution in [1.82, 2.24) is 0 Å². The van der Waals surface area contributed by atoms with Crippen LogP contribution < -0.4 is 0 Å². The van der Waals surface area contributed by atoms with Gasteiger partial charge >= 0.3 is 0 Å². The van der Waals surface area contributed by atoms with Crippen LogP contribution in [0.1, 0.15) is 147 Å². The predicted octanol–water partition coefficient (Wildman–Crippen LogP) is 8.73. The largest absolute Gasteiger partial charge is 0.381 e. The topological polar surface area (TPSA) is 77.5 Å². The van der Waals surface area contributed by atoms with Crippen molar-refractivity contribution in [3.63, 3.8) is 0 Å². The lowest BCUT2D eigenvalue weighted by Gasteiger charge is -2.20. The first kappa shape index (κ1) is 31.4. The van der Waals surface area contributed by atoms with Crippen molar-refractivity contribution in [2.45, 2.75) is 96.3 Å². The van der Waals surface area contributed by atoms with Crippen LogP contribution in [0.2, 0.25) is 0 Å². The number of Topliss-reactive ketones (excluding diaryl/α,β-unsaturated/α-hetero) is 1. The summed E-state index contributed by atoms with van der Waals surface area (Å²) in [4.78, 5) is 55.6. The average molecular weight is 637 g/mol. The number of ketones is 4. The first-order valence-corrected chi connectivity index (χ1v) is 18.4. The maximum absolute atomic E-state index is 13.9. The van der Waals surface area contributed by atoms with Gasteiger partial charge in [-0.3, -0.25) is 19.2 Å². The summed E-state index contributed by atoms with van der Waals surface area (Å²) in [6.45, 7) is 1.85. The average Bonchev–Trinajstić information content (AvgIpc) is 3.34. The van der Waals surface area contributed by atoms with Crippen LogP contribution in [-0.4, -0.2) is 36.3 Å². The maximum atomic E-state index is 13.9. The molecule has 0 N–H and O–H groups in total. The molecule has 46 heavy (non-hydrogen) atoms. The molecule has 3 unspecified atom stereocenters. The standard InChI is InChI=1S/C40H44O5S/c41-33(28-10-2-1-7-25(8-5-12-28)14-15-26-9-6-21-45-22-20-26)19-17-27-16-18-31-32(23-27)38(43)36-35-34(46-40(36)39(31)44)24-29-11-3-4-13-30(29)37(35)42/h3-4,11,13,16,18,23,25-26,28H,1-2,5-10,12,14-15,17,19-22,24H2. The van der Waals surface area contributed by atoms with Crippen molar-refractivity contribution >= 4 is 34.5 Å². The smallest absolute Gasteiger partial charge is 0.204 e. The third-order valence-electron chi connectivity index (χ3n) is 11.1. The van der Waals surface area contributed by atoms with Crippen molar-refractivity contribution in [1.29, 1.82) is 0 Å². The number of carbonyl (C=O) groups is 4. The van der Waals surface area contributed by atoms with Gasteiger partial charge in [-0.05, 0) is 73.6 Å². The highest BCUT2D eigenvalue weighted by Crippen LogP contribution is 2.42. The molecule has 3 aromatic rings. The van der Waals surface area contributed by atoms with Crippen LogP contribution in [-0.2, 0) is 22.4 Å². The second-order valence-electron chi connectivity index (χ2n) is 14.0. The lowest BCUT2D eigenvalue weighted by atomic mass is 9.81. The predicted molar refractivity (Wildman–Crippen MR) is 180 cm³/mol. The Morgan fingerprint density at radius 2 is 1.46 bits per heavy atom. The number of thiophene rings is 1.